The van der Waals surface area contributed by atoms with Gasteiger partial charge in [-0.2, -0.15) is 9.40 Å². The number of anilines is 1. The summed E-state index contributed by atoms with van der Waals surface area (Å²) in [4.78, 5) is 11.2. The van der Waals surface area contributed by atoms with Crippen molar-refractivity contribution in [2.75, 3.05) is 31.1 Å². The number of benzene rings is 1. The van der Waals surface area contributed by atoms with Crippen molar-refractivity contribution in [3.63, 3.8) is 0 Å². The van der Waals surface area contributed by atoms with Gasteiger partial charge in [0, 0.05) is 43.3 Å². The molecule has 1 saturated heterocycles. The lowest BCUT2D eigenvalue weighted by Crippen LogP contribution is -2.49. The summed E-state index contributed by atoms with van der Waals surface area (Å²) in [5.74, 6) is 1.93. The molecule has 1 aromatic carbocycles. The predicted molar refractivity (Wildman–Crippen MR) is 124 cm³/mol. The lowest BCUT2D eigenvalue weighted by molar-refractivity contribution is 0.381. The highest BCUT2D eigenvalue weighted by molar-refractivity contribution is 7.88. The van der Waals surface area contributed by atoms with Gasteiger partial charge in [-0.15, -0.1) is 0 Å². The maximum absolute atomic E-state index is 13.1. The van der Waals surface area contributed by atoms with Crippen LogP contribution in [-0.2, 0) is 15.8 Å². The number of rotatable bonds is 5. The quantitative estimate of drug-likeness (QED) is 0.440. The molecule has 1 aliphatic heterocycles. The van der Waals surface area contributed by atoms with Crippen LogP contribution in [0, 0.1) is 20.8 Å². The molecule has 1 fully saturated rings. The molecule has 0 saturated carbocycles. The van der Waals surface area contributed by atoms with Crippen LogP contribution in [0.3, 0.4) is 0 Å². The summed E-state index contributed by atoms with van der Waals surface area (Å²) >= 11 is 0. The van der Waals surface area contributed by atoms with E-state index < -0.39 is 10.0 Å². The summed E-state index contributed by atoms with van der Waals surface area (Å²) in [7, 11) is -3.53. The molecule has 4 aromatic rings. The van der Waals surface area contributed by atoms with E-state index >= 15 is 0 Å². The van der Waals surface area contributed by atoms with Crippen LogP contribution in [0.15, 0.2) is 40.9 Å². The van der Waals surface area contributed by atoms with Crippen LogP contribution < -0.4 is 4.90 Å². The highest BCUT2D eigenvalue weighted by atomic mass is 32.2. The second kappa shape index (κ2) is 8.23. The first-order valence-corrected chi connectivity index (χ1v) is 12.4. The molecule has 0 bridgehead atoms. The fraction of sp³-hybridized carbons (Fsp3) is 0.364. The molecule has 0 radical (unpaired) electrons. The zero-order valence-electron chi connectivity index (χ0n) is 18.8. The third-order valence-corrected chi connectivity index (χ3v) is 7.55. The SMILES string of the molecule is Cc1cc(C)n(-c2cc(N3CCN(S(=O)(=O)Cc4noc5ccccc45)CC3)nc(C)n2)n1. The largest absolute Gasteiger partial charge is 0.356 e. The second-order valence-corrected chi connectivity index (χ2v) is 10.2. The molecule has 33 heavy (non-hydrogen) atoms. The first kappa shape index (κ1) is 21.5. The Morgan fingerprint density at radius 2 is 1.70 bits per heavy atom. The van der Waals surface area contributed by atoms with Gasteiger partial charge in [0.05, 0.1) is 5.69 Å². The van der Waals surface area contributed by atoms with E-state index in [9.17, 15) is 8.42 Å². The Morgan fingerprint density at radius 3 is 2.42 bits per heavy atom. The molecule has 5 rings (SSSR count). The fourth-order valence-electron chi connectivity index (χ4n) is 4.17. The Hall–Kier alpha value is -3.31. The molecule has 0 N–H and O–H groups in total. The molecular formula is C22H25N7O3S. The molecule has 10 nitrogen and oxygen atoms in total. The predicted octanol–water partition coefficient (Wildman–Crippen LogP) is 2.38. The van der Waals surface area contributed by atoms with Gasteiger partial charge in [0.25, 0.3) is 0 Å². The second-order valence-electron chi connectivity index (χ2n) is 8.24. The average Bonchev–Trinajstić information content (AvgIpc) is 3.35. The third-order valence-electron chi connectivity index (χ3n) is 5.76. The van der Waals surface area contributed by atoms with Crippen molar-refractivity contribution in [2.45, 2.75) is 26.5 Å². The molecule has 0 unspecified atom stereocenters. The van der Waals surface area contributed by atoms with Crippen molar-refractivity contribution >= 4 is 26.8 Å². The molecule has 11 heteroatoms. The summed E-state index contributed by atoms with van der Waals surface area (Å²) in [6.07, 6.45) is 0. The van der Waals surface area contributed by atoms with E-state index in [0.29, 0.717) is 49.1 Å². The van der Waals surface area contributed by atoms with Crippen molar-refractivity contribution in [1.29, 1.82) is 0 Å². The highest BCUT2D eigenvalue weighted by Crippen LogP contribution is 2.23. The van der Waals surface area contributed by atoms with Crippen LogP contribution in [0.1, 0.15) is 22.9 Å². The van der Waals surface area contributed by atoms with E-state index in [2.05, 4.69) is 25.1 Å². The number of aryl methyl sites for hydroxylation is 3. The van der Waals surface area contributed by atoms with E-state index in [-0.39, 0.29) is 5.75 Å². The molecule has 0 atom stereocenters. The number of hydrogen-bond donors (Lipinski definition) is 0. The minimum atomic E-state index is -3.53. The van der Waals surface area contributed by atoms with Gasteiger partial charge in [-0.05, 0) is 39.0 Å². The zero-order valence-corrected chi connectivity index (χ0v) is 19.6. The smallest absolute Gasteiger partial charge is 0.220 e. The lowest BCUT2D eigenvalue weighted by atomic mass is 10.2. The molecular weight excluding hydrogens is 442 g/mol. The first-order chi connectivity index (χ1) is 15.8. The number of hydrogen-bond acceptors (Lipinski definition) is 8. The summed E-state index contributed by atoms with van der Waals surface area (Å²) in [6.45, 7) is 7.59. The van der Waals surface area contributed by atoms with Crippen molar-refractivity contribution in [3.8, 4) is 5.82 Å². The standard InChI is InChI=1S/C22H25N7O3S/c1-15-12-16(2)29(25-15)22-13-21(23-17(3)24-22)27-8-10-28(11-9-27)33(30,31)14-19-18-6-4-5-7-20(18)32-26-19/h4-7,12-13H,8-11,14H2,1-3H3. The van der Waals surface area contributed by atoms with Crippen LogP contribution >= 0.6 is 0 Å². The highest BCUT2D eigenvalue weighted by Gasteiger charge is 2.29. The minimum Gasteiger partial charge on any atom is -0.356 e. The van der Waals surface area contributed by atoms with Gasteiger partial charge < -0.3 is 9.42 Å². The van der Waals surface area contributed by atoms with Crippen LogP contribution in [0.2, 0.25) is 0 Å². The number of aromatic nitrogens is 5. The van der Waals surface area contributed by atoms with E-state index in [1.54, 1.807) is 10.7 Å². The zero-order chi connectivity index (χ0) is 23.2. The lowest BCUT2D eigenvalue weighted by Gasteiger charge is -2.34. The Labute approximate surface area is 191 Å². The summed E-state index contributed by atoms with van der Waals surface area (Å²) in [5, 5.41) is 9.22. The Balaban J connectivity index is 1.31. The van der Waals surface area contributed by atoms with E-state index in [1.807, 2.05) is 51.1 Å². The number of para-hydroxylation sites is 1. The number of sulfonamides is 1. The Kier molecular flexibility index (Phi) is 5.37. The third kappa shape index (κ3) is 4.21. The van der Waals surface area contributed by atoms with Crippen molar-refractivity contribution in [3.05, 3.63) is 59.3 Å². The van der Waals surface area contributed by atoms with Crippen molar-refractivity contribution in [2.24, 2.45) is 0 Å². The molecule has 4 heterocycles. The van der Waals surface area contributed by atoms with Gasteiger partial charge in [0.1, 0.15) is 23.1 Å². The molecule has 0 aliphatic carbocycles. The van der Waals surface area contributed by atoms with Crippen molar-refractivity contribution < 1.29 is 12.9 Å². The maximum atomic E-state index is 13.1. The molecule has 0 spiro atoms. The first-order valence-electron chi connectivity index (χ1n) is 10.8. The maximum Gasteiger partial charge on any atom is 0.220 e. The monoisotopic (exact) mass is 467 g/mol. The van der Waals surface area contributed by atoms with Crippen LogP contribution in [0.4, 0.5) is 5.82 Å². The average molecular weight is 468 g/mol. The van der Waals surface area contributed by atoms with Crippen LogP contribution in [-0.4, -0.2) is 63.8 Å². The Bertz CT molecular complexity index is 1420. The summed E-state index contributed by atoms with van der Waals surface area (Å²) < 4.78 is 34.7. The van der Waals surface area contributed by atoms with E-state index in [4.69, 9.17) is 4.52 Å². The molecule has 3 aromatic heterocycles. The summed E-state index contributed by atoms with van der Waals surface area (Å²) in [5.41, 5.74) is 2.94. The number of nitrogens with zero attached hydrogens (tertiary/aromatic N) is 7. The minimum absolute atomic E-state index is 0.182. The number of piperazine rings is 1. The van der Waals surface area contributed by atoms with Gasteiger partial charge >= 0.3 is 0 Å². The van der Waals surface area contributed by atoms with Crippen LogP contribution in [0.25, 0.3) is 16.8 Å². The number of fused-ring (bicyclic) bond motifs is 1. The topological polar surface area (TPSA) is 110 Å². The van der Waals surface area contributed by atoms with Crippen LogP contribution in [0.5, 0.6) is 0 Å². The normalized spacial score (nSPS) is 15.4. The van der Waals surface area contributed by atoms with Crippen molar-refractivity contribution in [1.82, 2.24) is 29.2 Å². The molecule has 1 aliphatic rings. The molecule has 172 valence electrons. The van der Waals surface area contributed by atoms with Gasteiger partial charge in [0.2, 0.25) is 10.0 Å². The van der Waals surface area contributed by atoms with E-state index in [0.717, 1.165) is 22.6 Å². The Morgan fingerprint density at radius 1 is 0.970 bits per heavy atom. The van der Waals surface area contributed by atoms with Gasteiger partial charge in [-0.3, -0.25) is 0 Å². The fourth-order valence-corrected chi connectivity index (χ4v) is 5.63. The van der Waals surface area contributed by atoms with E-state index in [1.165, 1.54) is 4.31 Å². The van der Waals surface area contributed by atoms with Gasteiger partial charge in [-0.1, -0.05) is 17.3 Å². The van der Waals surface area contributed by atoms with Gasteiger partial charge in [-0.25, -0.2) is 23.1 Å². The summed E-state index contributed by atoms with van der Waals surface area (Å²) in [6, 6.07) is 11.2. The van der Waals surface area contributed by atoms with Gasteiger partial charge in [0.15, 0.2) is 11.4 Å². The molecule has 0 amide bonds.